The SMILES string of the molecule is CCc1ccc(C(=O)O)c(C(C)=O)c1. The smallest absolute Gasteiger partial charge is 0.336 e. The van der Waals surface area contributed by atoms with E-state index in [1.165, 1.54) is 13.0 Å². The van der Waals surface area contributed by atoms with Gasteiger partial charge in [-0.15, -0.1) is 0 Å². The highest BCUT2D eigenvalue weighted by Gasteiger charge is 2.13. The lowest BCUT2D eigenvalue weighted by Gasteiger charge is -2.04. The monoisotopic (exact) mass is 192 g/mol. The van der Waals surface area contributed by atoms with Crippen molar-refractivity contribution in [1.29, 1.82) is 0 Å². The first-order valence-electron chi connectivity index (χ1n) is 4.43. The molecule has 0 saturated heterocycles. The van der Waals surface area contributed by atoms with E-state index in [-0.39, 0.29) is 16.9 Å². The average Bonchev–Trinajstić information content (AvgIpc) is 2.16. The van der Waals surface area contributed by atoms with E-state index in [9.17, 15) is 9.59 Å². The Bertz CT molecular complexity index is 380. The van der Waals surface area contributed by atoms with Crippen molar-refractivity contribution in [3.05, 3.63) is 34.9 Å². The van der Waals surface area contributed by atoms with Crippen molar-refractivity contribution in [2.24, 2.45) is 0 Å². The molecule has 0 bridgehead atoms. The molecule has 3 heteroatoms. The van der Waals surface area contributed by atoms with Crippen LogP contribution < -0.4 is 0 Å². The summed E-state index contributed by atoms with van der Waals surface area (Å²) in [6.45, 7) is 3.33. The van der Waals surface area contributed by atoms with Crippen LogP contribution in [0.4, 0.5) is 0 Å². The minimum Gasteiger partial charge on any atom is -0.478 e. The first-order chi connectivity index (χ1) is 6.56. The van der Waals surface area contributed by atoms with Gasteiger partial charge in [0.1, 0.15) is 0 Å². The highest BCUT2D eigenvalue weighted by atomic mass is 16.4. The van der Waals surface area contributed by atoms with Crippen LogP contribution in [0.15, 0.2) is 18.2 Å². The van der Waals surface area contributed by atoms with Gasteiger partial charge < -0.3 is 5.11 Å². The molecule has 0 atom stereocenters. The van der Waals surface area contributed by atoms with Gasteiger partial charge in [0.2, 0.25) is 0 Å². The van der Waals surface area contributed by atoms with Crippen LogP contribution >= 0.6 is 0 Å². The summed E-state index contributed by atoms with van der Waals surface area (Å²) in [6.07, 6.45) is 0.792. The summed E-state index contributed by atoms with van der Waals surface area (Å²) in [7, 11) is 0. The molecule has 3 nitrogen and oxygen atoms in total. The third-order valence-corrected chi connectivity index (χ3v) is 2.10. The Balaban J connectivity index is 3.31. The van der Waals surface area contributed by atoms with Crippen LogP contribution in [0.5, 0.6) is 0 Å². The maximum atomic E-state index is 11.2. The van der Waals surface area contributed by atoms with Crippen LogP contribution in [0.25, 0.3) is 0 Å². The molecule has 0 unspecified atom stereocenters. The third-order valence-electron chi connectivity index (χ3n) is 2.10. The summed E-state index contributed by atoms with van der Waals surface area (Å²) in [6, 6.07) is 4.86. The van der Waals surface area contributed by atoms with Gasteiger partial charge >= 0.3 is 5.97 Å². The summed E-state index contributed by atoms with van der Waals surface area (Å²) in [4.78, 5) is 21.9. The number of hydrogen-bond acceptors (Lipinski definition) is 2. The summed E-state index contributed by atoms with van der Waals surface area (Å²) >= 11 is 0. The molecule has 1 aromatic carbocycles. The van der Waals surface area contributed by atoms with E-state index in [1.54, 1.807) is 12.1 Å². The van der Waals surface area contributed by atoms with Gasteiger partial charge in [-0.05, 0) is 31.0 Å². The van der Waals surface area contributed by atoms with Crippen molar-refractivity contribution in [3.8, 4) is 0 Å². The van der Waals surface area contributed by atoms with E-state index >= 15 is 0 Å². The maximum Gasteiger partial charge on any atom is 0.336 e. The van der Waals surface area contributed by atoms with Crippen LogP contribution in [-0.4, -0.2) is 16.9 Å². The molecular formula is C11H12O3. The number of carbonyl (C=O) groups excluding carboxylic acids is 1. The summed E-state index contributed by atoms with van der Waals surface area (Å²) < 4.78 is 0. The average molecular weight is 192 g/mol. The number of Topliss-reactive ketones (excluding diaryl/α,β-unsaturated/α-hetero) is 1. The van der Waals surface area contributed by atoms with Gasteiger partial charge in [0.05, 0.1) is 5.56 Å². The first kappa shape index (κ1) is 10.4. The lowest BCUT2D eigenvalue weighted by molar-refractivity contribution is 0.0692. The van der Waals surface area contributed by atoms with Crippen LogP contribution in [0.2, 0.25) is 0 Å². The second kappa shape index (κ2) is 4.05. The zero-order valence-electron chi connectivity index (χ0n) is 8.20. The number of ketones is 1. The number of aryl methyl sites for hydroxylation is 1. The van der Waals surface area contributed by atoms with Crippen LogP contribution in [0, 0.1) is 0 Å². The molecule has 0 fully saturated rings. The van der Waals surface area contributed by atoms with Crippen molar-refractivity contribution in [3.63, 3.8) is 0 Å². The van der Waals surface area contributed by atoms with Crippen molar-refractivity contribution < 1.29 is 14.7 Å². The largest absolute Gasteiger partial charge is 0.478 e. The van der Waals surface area contributed by atoms with Crippen molar-refractivity contribution >= 4 is 11.8 Å². The molecule has 0 heterocycles. The van der Waals surface area contributed by atoms with Crippen LogP contribution in [-0.2, 0) is 6.42 Å². The van der Waals surface area contributed by atoms with Gasteiger partial charge in [-0.25, -0.2) is 4.79 Å². The molecule has 0 aliphatic carbocycles. The fraction of sp³-hybridized carbons (Fsp3) is 0.273. The first-order valence-corrected chi connectivity index (χ1v) is 4.43. The standard InChI is InChI=1S/C11H12O3/c1-3-8-4-5-9(11(13)14)10(6-8)7(2)12/h4-6H,3H2,1-2H3,(H,13,14). The number of benzene rings is 1. The highest BCUT2D eigenvalue weighted by molar-refractivity contribution is 6.04. The zero-order valence-corrected chi connectivity index (χ0v) is 8.20. The highest BCUT2D eigenvalue weighted by Crippen LogP contribution is 2.13. The number of hydrogen-bond donors (Lipinski definition) is 1. The van der Waals surface area contributed by atoms with Crippen molar-refractivity contribution in [2.75, 3.05) is 0 Å². The molecule has 1 rings (SSSR count). The molecule has 0 radical (unpaired) electrons. The molecule has 14 heavy (non-hydrogen) atoms. The normalized spacial score (nSPS) is 9.86. The van der Waals surface area contributed by atoms with E-state index in [0.29, 0.717) is 0 Å². The number of carboxylic acid groups (broad SMARTS) is 1. The Labute approximate surface area is 82.4 Å². The van der Waals surface area contributed by atoms with Gasteiger partial charge in [0.25, 0.3) is 0 Å². The number of carboxylic acids is 1. The molecule has 0 aliphatic rings. The predicted molar refractivity (Wildman–Crippen MR) is 52.8 cm³/mol. The molecule has 1 aromatic rings. The zero-order chi connectivity index (χ0) is 10.7. The third kappa shape index (κ3) is 1.99. The van der Waals surface area contributed by atoms with Crippen LogP contribution in [0.3, 0.4) is 0 Å². The lowest BCUT2D eigenvalue weighted by Crippen LogP contribution is -2.06. The van der Waals surface area contributed by atoms with Gasteiger partial charge in [-0.2, -0.15) is 0 Å². The summed E-state index contributed by atoms with van der Waals surface area (Å²) in [5.74, 6) is -1.27. The molecule has 74 valence electrons. The molecule has 0 aliphatic heterocycles. The summed E-state index contributed by atoms with van der Waals surface area (Å²) in [5.41, 5.74) is 1.34. The van der Waals surface area contributed by atoms with Gasteiger partial charge in [0.15, 0.2) is 5.78 Å². The quantitative estimate of drug-likeness (QED) is 0.746. The summed E-state index contributed by atoms with van der Waals surface area (Å²) in [5, 5.41) is 8.83. The molecule has 0 amide bonds. The minimum absolute atomic E-state index is 0.0784. The van der Waals surface area contributed by atoms with Crippen LogP contribution in [0.1, 0.15) is 40.1 Å². The molecule has 0 spiro atoms. The van der Waals surface area contributed by atoms with E-state index in [1.807, 2.05) is 6.92 Å². The van der Waals surface area contributed by atoms with Gasteiger partial charge in [-0.3, -0.25) is 4.79 Å². The Hall–Kier alpha value is -1.64. The van der Waals surface area contributed by atoms with E-state index in [2.05, 4.69) is 0 Å². The van der Waals surface area contributed by atoms with E-state index in [0.717, 1.165) is 12.0 Å². The van der Waals surface area contributed by atoms with Crippen molar-refractivity contribution in [2.45, 2.75) is 20.3 Å². The Morgan fingerprint density at radius 3 is 2.36 bits per heavy atom. The number of rotatable bonds is 3. The Morgan fingerprint density at radius 1 is 1.29 bits per heavy atom. The Kier molecular flexibility index (Phi) is 3.02. The van der Waals surface area contributed by atoms with Crippen molar-refractivity contribution in [1.82, 2.24) is 0 Å². The second-order valence-corrected chi connectivity index (χ2v) is 3.09. The molecular weight excluding hydrogens is 180 g/mol. The predicted octanol–water partition coefficient (Wildman–Crippen LogP) is 2.15. The maximum absolute atomic E-state index is 11.2. The fourth-order valence-corrected chi connectivity index (χ4v) is 1.29. The minimum atomic E-state index is -1.06. The molecule has 0 saturated carbocycles. The second-order valence-electron chi connectivity index (χ2n) is 3.09. The fourth-order valence-electron chi connectivity index (χ4n) is 1.29. The lowest BCUT2D eigenvalue weighted by atomic mass is 10.00. The topological polar surface area (TPSA) is 54.4 Å². The molecule has 1 N–H and O–H groups in total. The van der Waals surface area contributed by atoms with E-state index < -0.39 is 5.97 Å². The number of carbonyl (C=O) groups is 2. The van der Waals surface area contributed by atoms with E-state index in [4.69, 9.17) is 5.11 Å². The Morgan fingerprint density at radius 2 is 1.93 bits per heavy atom. The van der Waals surface area contributed by atoms with Gasteiger partial charge in [0, 0.05) is 5.56 Å². The number of aromatic carboxylic acids is 1. The molecule has 0 aromatic heterocycles. The van der Waals surface area contributed by atoms with Gasteiger partial charge in [-0.1, -0.05) is 13.0 Å².